The number of carbonyl (C=O) groups excluding carboxylic acids is 1. The Morgan fingerprint density at radius 1 is 1.24 bits per heavy atom. The van der Waals surface area contributed by atoms with Gasteiger partial charge in [-0.05, 0) is 25.7 Å². The molecule has 0 aromatic carbocycles. The van der Waals surface area contributed by atoms with Gasteiger partial charge in [0, 0.05) is 19.6 Å². The number of rotatable bonds is 4. The third-order valence-electron chi connectivity index (χ3n) is 3.52. The number of carbonyl (C=O) groups is 1. The maximum absolute atomic E-state index is 11.9. The van der Waals surface area contributed by atoms with E-state index in [1.807, 2.05) is 0 Å². The fourth-order valence-corrected chi connectivity index (χ4v) is 2.57. The molecule has 0 aromatic rings. The second kappa shape index (κ2) is 5.81. The van der Waals surface area contributed by atoms with E-state index in [0.717, 1.165) is 19.5 Å². The topological polar surface area (TPSA) is 76.0 Å². The number of hydrazine groups is 1. The molecule has 3 N–H and O–H groups in total. The smallest absolute Gasteiger partial charge is 0.426 e. The van der Waals surface area contributed by atoms with Crippen molar-refractivity contribution in [1.82, 2.24) is 15.3 Å². The SMILES string of the molecule is O=C(CNN1CCCC1)N1CCCC1B(O)O. The number of hydrogen-bond donors (Lipinski definition) is 3. The van der Waals surface area contributed by atoms with Crippen LogP contribution in [0.15, 0.2) is 0 Å². The zero-order chi connectivity index (χ0) is 12.3. The van der Waals surface area contributed by atoms with Crippen LogP contribution in [-0.4, -0.2) is 65.1 Å². The summed E-state index contributed by atoms with van der Waals surface area (Å²) in [5.41, 5.74) is 3.10. The lowest BCUT2D eigenvalue weighted by molar-refractivity contribution is -0.131. The monoisotopic (exact) mass is 241 g/mol. The van der Waals surface area contributed by atoms with E-state index in [4.69, 9.17) is 0 Å². The van der Waals surface area contributed by atoms with E-state index < -0.39 is 13.1 Å². The van der Waals surface area contributed by atoms with E-state index >= 15 is 0 Å². The van der Waals surface area contributed by atoms with E-state index in [-0.39, 0.29) is 12.5 Å². The van der Waals surface area contributed by atoms with Gasteiger partial charge in [-0.15, -0.1) is 0 Å². The molecule has 0 aliphatic carbocycles. The summed E-state index contributed by atoms with van der Waals surface area (Å²) in [4.78, 5) is 13.5. The van der Waals surface area contributed by atoms with Gasteiger partial charge in [-0.3, -0.25) is 4.79 Å². The Balaban J connectivity index is 1.78. The minimum Gasteiger partial charge on any atom is -0.426 e. The number of amides is 1. The zero-order valence-corrected chi connectivity index (χ0v) is 10.0. The molecule has 2 aliphatic heterocycles. The molecule has 96 valence electrons. The molecular weight excluding hydrogens is 221 g/mol. The Labute approximate surface area is 102 Å². The van der Waals surface area contributed by atoms with Crippen LogP contribution in [0.25, 0.3) is 0 Å². The van der Waals surface area contributed by atoms with Crippen LogP contribution in [0.3, 0.4) is 0 Å². The summed E-state index contributed by atoms with van der Waals surface area (Å²) in [6.07, 6.45) is 3.86. The fraction of sp³-hybridized carbons (Fsp3) is 0.900. The first kappa shape index (κ1) is 12.8. The van der Waals surface area contributed by atoms with Crippen molar-refractivity contribution in [1.29, 1.82) is 0 Å². The number of likely N-dealkylation sites (tertiary alicyclic amines) is 1. The molecular formula is C10H20BN3O3. The van der Waals surface area contributed by atoms with Gasteiger partial charge in [0.25, 0.3) is 0 Å². The molecule has 0 saturated carbocycles. The van der Waals surface area contributed by atoms with Gasteiger partial charge in [-0.2, -0.15) is 0 Å². The van der Waals surface area contributed by atoms with Crippen LogP contribution in [0.1, 0.15) is 25.7 Å². The highest BCUT2D eigenvalue weighted by Crippen LogP contribution is 2.17. The maximum Gasteiger partial charge on any atom is 0.475 e. The third kappa shape index (κ3) is 3.19. The minimum absolute atomic E-state index is 0.0486. The molecule has 2 saturated heterocycles. The molecule has 1 amide bonds. The zero-order valence-electron chi connectivity index (χ0n) is 10.0. The first-order valence-electron chi connectivity index (χ1n) is 6.32. The van der Waals surface area contributed by atoms with Crippen molar-refractivity contribution in [2.24, 2.45) is 0 Å². The van der Waals surface area contributed by atoms with Crippen LogP contribution in [0.2, 0.25) is 0 Å². The molecule has 2 rings (SSSR count). The number of nitrogens with zero attached hydrogens (tertiary/aromatic N) is 2. The van der Waals surface area contributed by atoms with Crippen LogP contribution >= 0.6 is 0 Å². The lowest BCUT2D eigenvalue weighted by atomic mass is 9.78. The first-order valence-corrected chi connectivity index (χ1v) is 6.32. The van der Waals surface area contributed by atoms with Gasteiger partial charge in [0.15, 0.2) is 0 Å². The Kier molecular flexibility index (Phi) is 4.39. The molecule has 0 bridgehead atoms. The Hall–Kier alpha value is -0.625. The molecule has 17 heavy (non-hydrogen) atoms. The molecule has 0 spiro atoms. The Bertz CT molecular complexity index is 272. The van der Waals surface area contributed by atoms with Crippen LogP contribution in [0, 0.1) is 0 Å². The molecule has 1 atom stereocenters. The second-order valence-electron chi connectivity index (χ2n) is 4.74. The highest BCUT2D eigenvalue weighted by Gasteiger charge is 2.36. The highest BCUT2D eigenvalue weighted by molar-refractivity contribution is 6.43. The van der Waals surface area contributed by atoms with Crippen molar-refractivity contribution in [3.05, 3.63) is 0 Å². The van der Waals surface area contributed by atoms with E-state index in [2.05, 4.69) is 10.4 Å². The van der Waals surface area contributed by atoms with Crippen LogP contribution in [-0.2, 0) is 4.79 Å². The van der Waals surface area contributed by atoms with Gasteiger partial charge in [-0.1, -0.05) is 0 Å². The van der Waals surface area contributed by atoms with Gasteiger partial charge in [-0.25, -0.2) is 10.4 Å². The molecule has 0 radical (unpaired) electrons. The lowest BCUT2D eigenvalue weighted by Crippen LogP contribution is -2.50. The quantitative estimate of drug-likeness (QED) is 0.527. The van der Waals surface area contributed by atoms with E-state index in [0.29, 0.717) is 13.0 Å². The number of hydrogen-bond acceptors (Lipinski definition) is 5. The average Bonchev–Trinajstić information content (AvgIpc) is 2.96. The van der Waals surface area contributed by atoms with Crippen molar-refractivity contribution in [3.8, 4) is 0 Å². The van der Waals surface area contributed by atoms with Gasteiger partial charge in [0.1, 0.15) is 0 Å². The molecule has 2 aliphatic rings. The van der Waals surface area contributed by atoms with Crippen molar-refractivity contribution >= 4 is 13.0 Å². The maximum atomic E-state index is 11.9. The van der Waals surface area contributed by atoms with E-state index in [1.165, 1.54) is 12.8 Å². The molecule has 2 fully saturated rings. The van der Waals surface area contributed by atoms with Gasteiger partial charge in [0.2, 0.25) is 5.91 Å². The summed E-state index contributed by atoms with van der Waals surface area (Å²) < 4.78 is 0. The molecule has 1 unspecified atom stereocenters. The predicted octanol–water partition coefficient (Wildman–Crippen LogP) is -1.41. The average molecular weight is 241 g/mol. The van der Waals surface area contributed by atoms with E-state index in [9.17, 15) is 14.8 Å². The van der Waals surface area contributed by atoms with Gasteiger partial charge < -0.3 is 14.9 Å². The Morgan fingerprint density at radius 2 is 1.94 bits per heavy atom. The normalized spacial score (nSPS) is 25.5. The molecule has 7 heteroatoms. The molecule has 0 aromatic heterocycles. The highest BCUT2D eigenvalue weighted by atomic mass is 16.4. The van der Waals surface area contributed by atoms with Crippen LogP contribution < -0.4 is 5.43 Å². The Morgan fingerprint density at radius 3 is 2.59 bits per heavy atom. The van der Waals surface area contributed by atoms with Crippen molar-refractivity contribution < 1.29 is 14.8 Å². The van der Waals surface area contributed by atoms with Gasteiger partial charge in [0.05, 0.1) is 12.5 Å². The summed E-state index contributed by atoms with van der Waals surface area (Å²) >= 11 is 0. The summed E-state index contributed by atoms with van der Waals surface area (Å²) in [7, 11) is -1.42. The molecule has 2 heterocycles. The summed E-state index contributed by atoms with van der Waals surface area (Å²) in [6.45, 7) is 2.85. The second-order valence-corrected chi connectivity index (χ2v) is 4.74. The first-order chi connectivity index (χ1) is 8.18. The van der Waals surface area contributed by atoms with Crippen molar-refractivity contribution in [3.63, 3.8) is 0 Å². The largest absolute Gasteiger partial charge is 0.475 e. The predicted molar refractivity (Wildman–Crippen MR) is 63.7 cm³/mol. The van der Waals surface area contributed by atoms with Gasteiger partial charge >= 0.3 is 7.12 Å². The standard InChI is InChI=1S/C10H20BN3O3/c15-10(8-12-13-5-1-2-6-13)14-7-3-4-9(14)11(16)17/h9,12,16-17H,1-8H2. The van der Waals surface area contributed by atoms with Crippen LogP contribution in [0.5, 0.6) is 0 Å². The summed E-state index contributed by atoms with van der Waals surface area (Å²) in [6, 6.07) is 0. The minimum atomic E-state index is -1.42. The van der Waals surface area contributed by atoms with Crippen molar-refractivity contribution in [2.75, 3.05) is 26.2 Å². The van der Waals surface area contributed by atoms with Crippen LogP contribution in [0.4, 0.5) is 0 Å². The summed E-state index contributed by atoms with van der Waals surface area (Å²) in [5.74, 6) is -0.477. The van der Waals surface area contributed by atoms with Crippen molar-refractivity contribution in [2.45, 2.75) is 31.6 Å². The third-order valence-corrected chi connectivity index (χ3v) is 3.52. The number of nitrogens with one attached hydrogen (secondary N) is 1. The van der Waals surface area contributed by atoms with E-state index in [1.54, 1.807) is 4.90 Å². The molecule has 6 nitrogen and oxygen atoms in total. The lowest BCUT2D eigenvalue weighted by Gasteiger charge is -2.25. The summed E-state index contributed by atoms with van der Waals surface area (Å²) in [5, 5.41) is 20.4. The fourth-order valence-electron chi connectivity index (χ4n) is 2.57.